The molecule has 0 spiro atoms. The van der Waals surface area contributed by atoms with Crippen LogP contribution in [0, 0.1) is 4.91 Å². The molecule has 0 bridgehead atoms. The second-order valence-corrected chi connectivity index (χ2v) is 3.40. The second kappa shape index (κ2) is 5.16. The van der Waals surface area contributed by atoms with E-state index in [0.29, 0.717) is 0 Å². The molecule has 1 atom stereocenters. The summed E-state index contributed by atoms with van der Waals surface area (Å²) in [5.74, 6) is -1.40. The highest BCUT2D eigenvalue weighted by molar-refractivity contribution is 7.13. The number of rotatable bonds is 4. The van der Waals surface area contributed by atoms with Crippen molar-refractivity contribution >= 4 is 28.5 Å². The van der Waals surface area contributed by atoms with Crippen LogP contribution in [0.5, 0.6) is 0 Å². The molecule has 0 fully saturated rings. The number of nitrogens with zero attached hydrogens (tertiary/aromatic N) is 2. The molecule has 8 nitrogen and oxygen atoms in total. The van der Waals surface area contributed by atoms with Crippen molar-refractivity contribution in [2.45, 2.75) is 6.04 Å². The number of carboxylic acids is 1. The first-order valence-corrected chi connectivity index (χ1v) is 4.82. The molecule has 9 heteroatoms. The van der Waals surface area contributed by atoms with E-state index in [2.05, 4.69) is 20.2 Å². The van der Waals surface area contributed by atoms with Gasteiger partial charge in [0.2, 0.25) is 6.04 Å². The average Bonchev–Trinajstić information content (AvgIpc) is 2.66. The van der Waals surface area contributed by atoms with Crippen LogP contribution >= 0.6 is 11.3 Å². The lowest BCUT2D eigenvalue weighted by Crippen LogP contribution is -2.12. The molecular weight excluding hydrogens is 238 g/mol. The molecule has 0 aliphatic carbocycles. The van der Waals surface area contributed by atoms with E-state index >= 15 is 0 Å². The van der Waals surface area contributed by atoms with Gasteiger partial charge in [-0.05, 0) is 5.18 Å². The van der Waals surface area contributed by atoms with Gasteiger partial charge in [-0.3, -0.25) is 5.32 Å². The zero-order chi connectivity index (χ0) is 12.1. The molecular formula is C7H7N3O5S. The predicted molar refractivity (Wildman–Crippen MR) is 54.3 cm³/mol. The molecule has 1 amide bonds. The Labute approximate surface area is 93.2 Å². The molecule has 1 unspecified atom stereocenters. The first kappa shape index (κ1) is 12.0. The topological polar surface area (TPSA) is 118 Å². The van der Waals surface area contributed by atoms with E-state index in [4.69, 9.17) is 5.11 Å². The van der Waals surface area contributed by atoms with Gasteiger partial charge in [0, 0.05) is 5.38 Å². The molecule has 1 rings (SSSR count). The van der Waals surface area contributed by atoms with Crippen LogP contribution in [0.1, 0.15) is 11.7 Å². The first-order chi connectivity index (χ1) is 7.58. The number of aromatic nitrogens is 1. The van der Waals surface area contributed by atoms with Gasteiger partial charge in [-0.1, -0.05) is 0 Å². The first-order valence-electron chi connectivity index (χ1n) is 3.94. The van der Waals surface area contributed by atoms with Gasteiger partial charge in [0.25, 0.3) is 0 Å². The van der Waals surface area contributed by atoms with Crippen LogP contribution in [-0.2, 0) is 9.53 Å². The Morgan fingerprint density at radius 2 is 2.38 bits per heavy atom. The van der Waals surface area contributed by atoms with Gasteiger partial charge in [0.05, 0.1) is 12.8 Å². The van der Waals surface area contributed by atoms with E-state index in [0.717, 1.165) is 11.3 Å². The summed E-state index contributed by atoms with van der Waals surface area (Å²) < 4.78 is 4.31. The van der Waals surface area contributed by atoms with Crippen molar-refractivity contribution in [2.24, 2.45) is 5.18 Å². The van der Waals surface area contributed by atoms with Crippen LogP contribution in [0.2, 0.25) is 0 Å². The fraction of sp³-hybridized carbons (Fsp3) is 0.286. The SMILES string of the molecule is COC(=O)Nc1nc(C(N=O)C(=O)O)cs1. The summed E-state index contributed by atoms with van der Waals surface area (Å²) in [5.41, 5.74) is -0.0288. The van der Waals surface area contributed by atoms with E-state index in [1.807, 2.05) is 0 Å². The lowest BCUT2D eigenvalue weighted by atomic mass is 10.2. The maximum atomic E-state index is 10.8. The number of carbonyl (C=O) groups excluding carboxylic acids is 1. The summed E-state index contributed by atoms with van der Waals surface area (Å²) in [6.45, 7) is 0. The highest BCUT2D eigenvalue weighted by Crippen LogP contribution is 2.23. The summed E-state index contributed by atoms with van der Waals surface area (Å²) in [6, 6.07) is -1.57. The van der Waals surface area contributed by atoms with Gasteiger partial charge >= 0.3 is 12.1 Å². The summed E-state index contributed by atoms with van der Waals surface area (Å²) in [6.07, 6.45) is -0.730. The molecule has 0 aromatic carbocycles. The number of nitroso groups, excluding NO2 is 1. The number of carboxylic acid groups (broad SMARTS) is 1. The lowest BCUT2D eigenvalue weighted by Gasteiger charge is -1.99. The molecule has 1 heterocycles. The zero-order valence-electron chi connectivity index (χ0n) is 8.04. The van der Waals surface area contributed by atoms with E-state index in [1.165, 1.54) is 12.5 Å². The van der Waals surface area contributed by atoms with Gasteiger partial charge in [-0.15, -0.1) is 16.2 Å². The molecule has 0 aliphatic rings. The number of carbonyl (C=O) groups is 2. The Kier molecular flexibility index (Phi) is 3.89. The maximum absolute atomic E-state index is 10.8. The Hall–Kier alpha value is -2.03. The molecule has 2 N–H and O–H groups in total. The third-order valence-corrected chi connectivity index (χ3v) is 2.31. The molecule has 1 aromatic rings. The lowest BCUT2D eigenvalue weighted by molar-refractivity contribution is -0.138. The van der Waals surface area contributed by atoms with E-state index in [9.17, 15) is 14.5 Å². The minimum Gasteiger partial charge on any atom is -0.479 e. The van der Waals surface area contributed by atoms with Crippen molar-refractivity contribution in [2.75, 3.05) is 12.4 Å². The number of thiazole rings is 1. The Morgan fingerprint density at radius 3 is 2.88 bits per heavy atom. The molecule has 0 saturated heterocycles. The Morgan fingerprint density at radius 1 is 1.69 bits per heavy atom. The van der Waals surface area contributed by atoms with Crippen LogP contribution in [0.15, 0.2) is 10.6 Å². The largest absolute Gasteiger partial charge is 0.479 e. The maximum Gasteiger partial charge on any atom is 0.413 e. The highest BCUT2D eigenvalue weighted by Gasteiger charge is 2.23. The fourth-order valence-corrected chi connectivity index (χ4v) is 1.55. The van der Waals surface area contributed by atoms with Crippen LogP contribution in [-0.4, -0.2) is 29.3 Å². The van der Waals surface area contributed by atoms with Crippen LogP contribution in [0.4, 0.5) is 9.93 Å². The molecule has 0 saturated carbocycles. The number of amides is 1. The number of methoxy groups -OCH3 is 1. The van der Waals surface area contributed by atoms with Gasteiger partial charge in [0.15, 0.2) is 5.13 Å². The number of anilines is 1. The predicted octanol–water partition coefficient (Wildman–Crippen LogP) is 1.21. The smallest absolute Gasteiger partial charge is 0.413 e. The standard InChI is InChI=1S/C7H7N3O5S/c1-15-7(13)9-6-8-3(2-16-6)4(10-14)5(11)12/h2,4H,1H3,(H,11,12)(H,8,9,13). The number of hydrogen-bond acceptors (Lipinski definition) is 7. The van der Waals surface area contributed by atoms with Crippen molar-refractivity contribution in [1.29, 1.82) is 0 Å². The molecule has 86 valence electrons. The van der Waals surface area contributed by atoms with Crippen LogP contribution in [0.25, 0.3) is 0 Å². The van der Waals surface area contributed by atoms with Gasteiger partial charge in [0.1, 0.15) is 0 Å². The van der Waals surface area contributed by atoms with Crippen molar-refractivity contribution in [3.8, 4) is 0 Å². The van der Waals surface area contributed by atoms with E-state index in [-0.39, 0.29) is 10.8 Å². The van der Waals surface area contributed by atoms with Crippen molar-refractivity contribution in [3.05, 3.63) is 16.0 Å². The molecule has 16 heavy (non-hydrogen) atoms. The minimum atomic E-state index is -1.57. The van der Waals surface area contributed by atoms with Crippen LogP contribution in [0.3, 0.4) is 0 Å². The van der Waals surface area contributed by atoms with Crippen LogP contribution < -0.4 is 5.32 Å². The molecule has 0 aliphatic heterocycles. The fourth-order valence-electron chi connectivity index (χ4n) is 0.833. The van der Waals surface area contributed by atoms with Gasteiger partial charge in [-0.25, -0.2) is 14.6 Å². The third-order valence-electron chi connectivity index (χ3n) is 1.54. The molecule has 0 radical (unpaired) electrons. The van der Waals surface area contributed by atoms with Gasteiger partial charge < -0.3 is 9.84 Å². The monoisotopic (exact) mass is 245 g/mol. The van der Waals surface area contributed by atoms with Crippen molar-refractivity contribution < 1.29 is 19.4 Å². The number of nitrogens with one attached hydrogen (secondary N) is 1. The zero-order valence-corrected chi connectivity index (χ0v) is 8.85. The number of ether oxygens (including phenoxy) is 1. The second-order valence-electron chi connectivity index (χ2n) is 2.54. The summed E-state index contributed by atoms with van der Waals surface area (Å²) in [4.78, 5) is 35.4. The average molecular weight is 245 g/mol. The van der Waals surface area contributed by atoms with Crippen molar-refractivity contribution in [3.63, 3.8) is 0 Å². The third kappa shape index (κ3) is 2.73. The Bertz CT molecular complexity index is 418. The minimum absolute atomic E-state index is 0.0288. The summed E-state index contributed by atoms with van der Waals surface area (Å²) in [5, 5.41) is 14.7. The number of hydrogen-bond donors (Lipinski definition) is 2. The van der Waals surface area contributed by atoms with Gasteiger partial charge in [-0.2, -0.15) is 0 Å². The highest BCUT2D eigenvalue weighted by atomic mass is 32.1. The van der Waals surface area contributed by atoms with E-state index < -0.39 is 18.1 Å². The van der Waals surface area contributed by atoms with Crippen molar-refractivity contribution in [1.82, 2.24) is 4.98 Å². The Balaban J connectivity index is 2.81. The summed E-state index contributed by atoms with van der Waals surface area (Å²) in [7, 11) is 1.18. The molecule has 1 aromatic heterocycles. The quantitative estimate of drug-likeness (QED) is 0.769. The normalized spacial score (nSPS) is 11.6. The van der Waals surface area contributed by atoms with E-state index in [1.54, 1.807) is 0 Å². The summed E-state index contributed by atoms with van der Waals surface area (Å²) >= 11 is 0.969. The number of aliphatic carboxylic acids is 1.